The summed E-state index contributed by atoms with van der Waals surface area (Å²) in [4.78, 5) is 11.4. The third-order valence-electron chi connectivity index (χ3n) is 4.19. The van der Waals surface area contributed by atoms with E-state index in [2.05, 4.69) is 6.92 Å². The maximum Gasteiger partial charge on any atom is 0.310 e. The quantitative estimate of drug-likeness (QED) is 0.757. The van der Waals surface area contributed by atoms with Crippen LogP contribution in [-0.2, 0) is 4.79 Å². The Hall–Kier alpha value is -0.570. The van der Waals surface area contributed by atoms with Crippen molar-refractivity contribution in [3.05, 3.63) is 0 Å². The van der Waals surface area contributed by atoms with Crippen LogP contribution in [-0.4, -0.2) is 22.3 Å². The number of carbonyl (C=O) groups is 1. The van der Waals surface area contributed by atoms with E-state index in [1.54, 1.807) is 6.92 Å². The van der Waals surface area contributed by atoms with Gasteiger partial charge in [0.2, 0.25) is 0 Å². The van der Waals surface area contributed by atoms with Crippen LogP contribution in [0.3, 0.4) is 0 Å². The van der Waals surface area contributed by atoms with Gasteiger partial charge in [0.1, 0.15) is 0 Å². The molecule has 0 aromatic carbocycles. The molecule has 1 rings (SSSR count). The molecular weight excluding hydrogens is 192 g/mol. The monoisotopic (exact) mass is 214 g/mol. The van der Waals surface area contributed by atoms with Crippen molar-refractivity contribution in [2.24, 2.45) is 17.3 Å². The standard InChI is InChI=1S/C12H22O3/c1-8-4-6-12(7-5-8,11(14)15)9(2)10(3)13/h8-10,13H,4-7H2,1-3H3,(H,14,15). The lowest BCUT2D eigenvalue weighted by Crippen LogP contribution is -2.44. The molecule has 0 aromatic heterocycles. The molecule has 0 bridgehead atoms. The predicted molar refractivity (Wildman–Crippen MR) is 58.5 cm³/mol. The van der Waals surface area contributed by atoms with Crippen molar-refractivity contribution in [2.45, 2.75) is 52.6 Å². The third-order valence-corrected chi connectivity index (χ3v) is 4.19. The van der Waals surface area contributed by atoms with Gasteiger partial charge in [0, 0.05) is 0 Å². The van der Waals surface area contributed by atoms with E-state index in [0.717, 1.165) is 12.8 Å². The number of aliphatic hydroxyl groups is 1. The van der Waals surface area contributed by atoms with Crippen molar-refractivity contribution in [3.8, 4) is 0 Å². The van der Waals surface area contributed by atoms with Crippen molar-refractivity contribution in [2.75, 3.05) is 0 Å². The molecule has 0 radical (unpaired) electrons. The molecule has 0 heterocycles. The Morgan fingerprint density at radius 3 is 2.13 bits per heavy atom. The largest absolute Gasteiger partial charge is 0.481 e. The minimum atomic E-state index is -0.734. The van der Waals surface area contributed by atoms with Gasteiger partial charge in [0.25, 0.3) is 0 Å². The van der Waals surface area contributed by atoms with E-state index in [1.165, 1.54) is 0 Å². The molecule has 0 aliphatic heterocycles. The number of hydrogen-bond donors (Lipinski definition) is 2. The smallest absolute Gasteiger partial charge is 0.310 e. The number of aliphatic hydroxyl groups excluding tert-OH is 1. The van der Waals surface area contributed by atoms with Crippen LogP contribution in [0.4, 0.5) is 0 Å². The van der Waals surface area contributed by atoms with Gasteiger partial charge in [0.05, 0.1) is 11.5 Å². The zero-order valence-corrected chi connectivity index (χ0v) is 9.86. The zero-order valence-electron chi connectivity index (χ0n) is 9.86. The molecule has 2 N–H and O–H groups in total. The highest BCUT2D eigenvalue weighted by Crippen LogP contribution is 2.45. The van der Waals surface area contributed by atoms with E-state index in [0.29, 0.717) is 18.8 Å². The molecular formula is C12H22O3. The number of carboxylic acids is 1. The number of rotatable bonds is 3. The Bertz CT molecular complexity index is 227. The van der Waals surface area contributed by atoms with E-state index in [1.807, 2.05) is 6.92 Å². The Morgan fingerprint density at radius 1 is 1.33 bits per heavy atom. The second-order valence-electron chi connectivity index (χ2n) is 5.17. The predicted octanol–water partition coefficient (Wildman–Crippen LogP) is 2.28. The summed E-state index contributed by atoms with van der Waals surface area (Å²) in [5, 5.41) is 19.0. The molecule has 2 atom stereocenters. The summed E-state index contributed by atoms with van der Waals surface area (Å²) in [5.74, 6) is -0.274. The third kappa shape index (κ3) is 2.33. The van der Waals surface area contributed by atoms with Crippen LogP contribution in [0.5, 0.6) is 0 Å². The first-order valence-corrected chi connectivity index (χ1v) is 5.81. The maximum atomic E-state index is 11.4. The van der Waals surface area contributed by atoms with Gasteiger partial charge < -0.3 is 10.2 Å². The van der Waals surface area contributed by atoms with Crippen LogP contribution in [0.2, 0.25) is 0 Å². The van der Waals surface area contributed by atoms with Gasteiger partial charge in [-0.05, 0) is 44.4 Å². The fourth-order valence-corrected chi connectivity index (χ4v) is 2.60. The lowest BCUT2D eigenvalue weighted by molar-refractivity contribution is -0.159. The average molecular weight is 214 g/mol. The Morgan fingerprint density at radius 2 is 1.80 bits per heavy atom. The Labute approximate surface area is 91.5 Å². The second kappa shape index (κ2) is 4.52. The maximum absolute atomic E-state index is 11.4. The van der Waals surface area contributed by atoms with Crippen molar-refractivity contribution >= 4 is 5.97 Å². The first kappa shape index (κ1) is 12.5. The minimum Gasteiger partial charge on any atom is -0.481 e. The summed E-state index contributed by atoms with van der Waals surface area (Å²) in [6.07, 6.45) is 2.78. The molecule has 0 amide bonds. The highest BCUT2D eigenvalue weighted by Gasteiger charge is 2.46. The van der Waals surface area contributed by atoms with Crippen LogP contribution in [0.25, 0.3) is 0 Å². The average Bonchev–Trinajstić information content (AvgIpc) is 2.17. The molecule has 1 saturated carbocycles. The first-order valence-electron chi connectivity index (χ1n) is 5.81. The molecule has 2 unspecified atom stereocenters. The molecule has 0 saturated heterocycles. The van der Waals surface area contributed by atoms with Crippen molar-refractivity contribution < 1.29 is 15.0 Å². The minimum absolute atomic E-state index is 0.164. The molecule has 1 aliphatic rings. The zero-order chi connectivity index (χ0) is 11.6. The lowest BCUT2D eigenvalue weighted by atomic mass is 9.63. The molecule has 3 nitrogen and oxygen atoms in total. The summed E-state index contributed by atoms with van der Waals surface area (Å²) >= 11 is 0. The van der Waals surface area contributed by atoms with E-state index in [9.17, 15) is 15.0 Å². The number of aliphatic carboxylic acids is 1. The van der Waals surface area contributed by atoms with Crippen LogP contribution >= 0.6 is 0 Å². The van der Waals surface area contributed by atoms with Gasteiger partial charge in [-0.3, -0.25) is 4.79 Å². The van der Waals surface area contributed by atoms with Crippen LogP contribution < -0.4 is 0 Å². The molecule has 1 aliphatic carbocycles. The molecule has 15 heavy (non-hydrogen) atoms. The van der Waals surface area contributed by atoms with E-state index >= 15 is 0 Å². The van der Waals surface area contributed by atoms with Gasteiger partial charge >= 0.3 is 5.97 Å². The fourth-order valence-electron chi connectivity index (χ4n) is 2.60. The van der Waals surface area contributed by atoms with Gasteiger partial charge in [0.15, 0.2) is 0 Å². The lowest BCUT2D eigenvalue weighted by Gasteiger charge is -2.41. The van der Waals surface area contributed by atoms with E-state index in [-0.39, 0.29) is 5.92 Å². The fraction of sp³-hybridized carbons (Fsp3) is 0.917. The van der Waals surface area contributed by atoms with E-state index < -0.39 is 17.5 Å². The van der Waals surface area contributed by atoms with Gasteiger partial charge in [-0.2, -0.15) is 0 Å². The Balaban J connectivity index is 2.85. The van der Waals surface area contributed by atoms with Crippen molar-refractivity contribution in [3.63, 3.8) is 0 Å². The summed E-state index contributed by atoms with van der Waals surface area (Å²) in [6.45, 7) is 5.71. The SMILES string of the molecule is CC1CCC(C(=O)O)(C(C)C(C)O)CC1. The summed E-state index contributed by atoms with van der Waals surface area (Å²) < 4.78 is 0. The molecule has 0 aromatic rings. The van der Waals surface area contributed by atoms with Gasteiger partial charge in [-0.25, -0.2) is 0 Å². The molecule has 3 heteroatoms. The van der Waals surface area contributed by atoms with Gasteiger partial charge in [-0.1, -0.05) is 13.8 Å². The van der Waals surface area contributed by atoms with Crippen molar-refractivity contribution in [1.29, 1.82) is 0 Å². The number of hydrogen-bond acceptors (Lipinski definition) is 2. The summed E-state index contributed by atoms with van der Waals surface area (Å²) in [7, 11) is 0. The highest BCUT2D eigenvalue weighted by molar-refractivity contribution is 5.75. The second-order valence-corrected chi connectivity index (χ2v) is 5.17. The van der Waals surface area contributed by atoms with E-state index in [4.69, 9.17) is 0 Å². The Kier molecular flexibility index (Phi) is 3.77. The highest BCUT2D eigenvalue weighted by atomic mass is 16.4. The molecule has 1 fully saturated rings. The number of carboxylic acid groups (broad SMARTS) is 1. The van der Waals surface area contributed by atoms with Crippen molar-refractivity contribution in [1.82, 2.24) is 0 Å². The first-order chi connectivity index (χ1) is 6.90. The van der Waals surface area contributed by atoms with Gasteiger partial charge in [-0.15, -0.1) is 0 Å². The van der Waals surface area contributed by atoms with Crippen LogP contribution in [0.15, 0.2) is 0 Å². The topological polar surface area (TPSA) is 57.5 Å². The van der Waals surface area contributed by atoms with Crippen LogP contribution in [0.1, 0.15) is 46.5 Å². The van der Waals surface area contributed by atoms with Crippen LogP contribution in [0, 0.1) is 17.3 Å². The molecule has 0 spiro atoms. The normalized spacial score (nSPS) is 35.9. The summed E-state index contributed by atoms with van der Waals surface area (Å²) in [5.41, 5.74) is -0.694. The molecule has 88 valence electrons. The summed E-state index contributed by atoms with van der Waals surface area (Å²) in [6, 6.07) is 0.